The number of nitrogens with zero attached hydrogens (tertiary/aromatic N) is 3. The molecule has 1 saturated heterocycles. The molecule has 5 nitrogen and oxygen atoms in total. The van der Waals surface area contributed by atoms with Gasteiger partial charge < -0.3 is 10.2 Å². The molecule has 0 radical (unpaired) electrons. The highest BCUT2D eigenvalue weighted by Gasteiger charge is 2.29. The second-order valence-electron chi connectivity index (χ2n) is 8.37. The van der Waals surface area contributed by atoms with E-state index in [-0.39, 0.29) is 5.91 Å². The number of pyridine rings is 2. The molecule has 5 heteroatoms. The van der Waals surface area contributed by atoms with Crippen molar-refractivity contribution in [3.05, 3.63) is 58.9 Å². The predicted molar refractivity (Wildman–Crippen MR) is 122 cm³/mol. The molecule has 0 bridgehead atoms. The summed E-state index contributed by atoms with van der Waals surface area (Å²) in [5.41, 5.74) is 6.29. The number of anilines is 2. The van der Waals surface area contributed by atoms with E-state index in [9.17, 15) is 4.79 Å². The van der Waals surface area contributed by atoms with E-state index in [0.717, 1.165) is 53.8 Å². The summed E-state index contributed by atoms with van der Waals surface area (Å²) in [7, 11) is 0. The Labute approximate surface area is 178 Å². The summed E-state index contributed by atoms with van der Waals surface area (Å²) in [6.07, 6.45) is 6.00. The van der Waals surface area contributed by atoms with Crippen LogP contribution in [0, 0.1) is 20.8 Å². The lowest BCUT2D eigenvalue weighted by molar-refractivity contribution is 0.0609. The smallest absolute Gasteiger partial charge is 0.257 e. The van der Waals surface area contributed by atoms with E-state index in [1.807, 2.05) is 24.0 Å². The van der Waals surface area contributed by atoms with Crippen LogP contribution in [0.25, 0.3) is 11.0 Å². The van der Waals surface area contributed by atoms with Gasteiger partial charge in [0.15, 0.2) is 5.65 Å². The highest BCUT2D eigenvalue weighted by Crippen LogP contribution is 2.32. The lowest BCUT2D eigenvalue weighted by atomic mass is 9.98. The van der Waals surface area contributed by atoms with Crippen LogP contribution < -0.4 is 5.32 Å². The number of benzene rings is 1. The normalized spacial score (nSPS) is 16.7. The Morgan fingerprint density at radius 2 is 2.00 bits per heavy atom. The van der Waals surface area contributed by atoms with E-state index in [1.54, 1.807) is 6.20 Å². The van der Waals surface area contributed by atoms with Gasteiger partial charge in [0, 0.05) is 35.6 Å². The first-order valence-electron chi connectivity index (χ1n) is 10.9. The fourth-order valence-corrected chi connectivity index (χ4v) is 4.32. The van der Waals surface area contributed by atoms with E-state index in [2.05, 4.69) is 54.3 Å². The first-order valence-corrected chi connectivity index (χ1v) is 10.9. The number of nitrogens with one attached hydrogen (secondary N) is 1. The Hall–Kier alpha value is -2.95. The molecule has 2 aromatic heterocycles. The number of likely N-dealkylation sites (tertiary alicyclic amines) is 1. The minimum atomic E-state index is 0.0596. The van der Waals surface area contributed by atoms with Crippen LogP contribution in [0.4, 0.5) is 11.4 Å². The minimum Gasteiger partial charge on any atom is -0.354 e. The lowest BCUT2D eigenvalue weighted by Crippen LogP contribution is -2.43. The Balaban J connectivity index is 1.84. The zero-order valence-electron chi connectivity index (χ0n) is 18.3. The third kappa shape index (κ3) is 3.89. The maximum Gasteiger partial charge on any atom is 0.257 e. The van der Waals surface area contributed by atoms with Gasteiger partial charge in [-0.3, -0.25) is 4.79 Å². The zero-order valence-corrected chi connectivity index (χ0v) is 18.3. The number of carbonyl (C=O) groups excluding carboxylic acids is 1. The monoisotopic (exact) mass is 402 g/mol. The molecule has 156 valence electrons. The standard InChI is InChI=1S/C25H30N4O/c1-5-19-8-6-7-13-29(19)25(30)21-15-26-24-20(12-11-18(4)27-24)23(21)28-22-14-16(2)9-10-17(22)3/h9-12,14-15,19H,5-8,13H2,1-4H3,(H,26,27,28)/t19-/m1/s1. The third-order valence-corrected chi connectivity index (χ3v) is 6.11. The third-order valence-electron chi connectivity index (χ3n) is 6.11. The van der Waals surface area contributed by atoms with E-state index in [0.29, 0.717) is 17.3 Å². The van der Waals surface area contributed by atoms with Crippen molar-refractivity contribution in [1.29, 1.82) is 0 Å². The summed E-state index contributed by atoms with van der Waals surface area (Å²) >= 11 is 0. The van der Waals surface area contributed by atoms with Gasteiger partial charge >= 0.3 is 0 Å². The molecule has 30 heavy (non-hydrogen) atoms. The van der Waals surface area contributed by atoms with Crippen molar-refractivity contribution in [3.63, 3.8) is 0 Å². The molecule has 3 aromatic rings. The van der Waals surface area contributed by atoms with Crippen molar-refractivity contribution in [2.45, 2.75) is 59.4 Å². The number of aryl methyl sites for hydroxylation is 3. The van der Waals surface area contributed by atoms with Crippen molar-refractivity contribution in [2.24, 2.45) is 0 Å². The average molecular weight is 403 g/mol. The van der Waals surface area contributed by atoms with E-state index in [4.69, 9.17) is 0 Å². The topological polar surface area (TPSA) is 58.1 Å². The van der Waals surface area contributed by atoms with Crippen molar-refractivity contribution in [1.82, 2.24) is 14.9 Å². The second-order valence-corrected chi connectivity index (χ2v) is 8.37. The van der Waals surface area contributed by atoms with Gasteiger partial charge in [-0.05, 0) is 75.8 Å². The molecular formula is C25H30N4O. The summed E-state index contributed by atoms with van der Waals surface area (Å²) in [4.78, 5) is 24.9. The quantitative estimate of drug-likeness (QED) is 0.608. The van der Waals surface area contributed by atoms with Crippen molar-refractivity contribution in [3.8, 4) is 0 Å². The number of hydrogen-bond acceptors (Lipinski definition) is 4. The van der Waals surface area contributed by atoms with Crippen LogP contribution >= 0.6 is 0 Å². The molecule has 1 aromatic carbocycles. The van der Waals surface area contributed by atoms with Crippen LogP contribution in [0.1, 0.15) is 59.8 Å². The van der Waals surface area contributed by atoms with Crippen molar-refractivity contribution in [2.75, 3.05) is 11.9 Å². The number of amides is 1. The first-order chi connectivity index (χ1) is 14.5. The number of aromatic nitrogens is 2. The van der Waals surface area contributed by atoms with Gasteiger partial charge in [-0.2, -0.15) is 0 Å². The van der Waals surface area contributed by atoms with Gasteiger partial charge in [0.05, 0.1) is 11.3 Å². The number of piperidine rings is 1. The summed E-state index contributed by atoms with van der Waals surface area (Å²) in [6.45, 7) is 9.08. The number of carbonyl (C=O) groups is 1. The molecule has 4 rings (SSSR count). The molecule has 1 amide bonds. The zero-order chi connectivity index (χ0) is 21.3. The molecule has 0 aliphatic carbocycles. The number of rotatable bonds is 4. The Morgan fingerprint density at radius 3 is 2.80 bits per heavy atom. The summed E-state index contributed by atoms with van der Waals surface area (Å²) < 4.78 is 0. The van der Waals surface area contributed by atoms with Crippen LogP contribution in [0.2, 0.25) is 0 Å². The van der Waals surface area contributed by atoms with Gasteiger partial charge in [0.25, 0.3) is 5.91 Å². The summed E-state index contributed by atoms with van der Waals surface area (Å²) in [6, 6.07) is 10.6. The maximum absolute atomic E-state index is 13.7. The lowest BCUT2D eigenvalue weighted by Gasteiger charge is -2.35. The molecule has 0 spiro atoms. The largest absolute Gasteiger partial charge is 0.354 e. The minimum absolute atomic E-state index is 0.0596. The SMILES string of the molecule is CC[C@@H]1CCCCN1C(=O)c1cnc2nc(C)ccc2c1Nc1cc(C)ccc1C. The first kappa shape index (κ1) is 20.3. The van der Waals surface area contributed by atoms with Crippen LogP contribution in [0.3, 0.4) is 0 Å². The molecule has 1 aliphatic rings. The Morgan fingerprint density at radius 1 is 1.17 bits per heavy atom. The van der Waals surface area contributed by atoms with Crippen molar-refractivity contribution >= 4 is 28.3 Å². The van der Waals surface area contributed by atoms with Crippen LogP contribution in [-0.4, -0.2) is 33.4 Å². The van der Waals surface area contributed by atoms with E-state index in [1.165, 1.54) is 12.0 Å². The van der Waals surface area contributed by atoms with Crippen LogP contribution in [0.15, 0.2) is 36.5 Å². The Kier molecular flexibility index (Phi) is 5.71. The fraction of sp³-hybridized carbons (Fsp3) is 0.400. The Bertz CT molecular complexity index is 1090. The van der Waals surface area contributed by atoms with Gasteiger partial charge in [0.1, 0.15) is 0 Å². The molecule has 0 saturated carbocycles. The molecular weight excluding hydrogens is 372 g/mol. The summed E-state index contributed by atoms with van der Waals surface area (Å²) in [5, 5.41) is 4.44. The van der Waals surface area contributed by atoms with Crippen molar-refractivity contribution < 1.29 is 4.79 Å². The molecule has 0 unspecified atom stereocenters. The van der Waals surface area contributed by atoms with Gasteiger partial charge in [-0.15, -0.1) is 0 Å². The summed E-state index contributed by atoms with van der Waals surface area (Å²) in [5.74, 6) is 0.0596. The molecule has 1 atom stereocenters. The second kappa shape index (κ2) is 8.42. The molecule has 1 N–H and O–H groups in total. The predicted octanol–water partition coefficient (Wildman–Crippen LogP) is 5.70. The van der Waals surface area contributed by atoms with Crippen LogP contribution in [0.5, 0.6) is 0 Å². The van der Waals surface area contributed by atoms with Gasteiger partial charge in [0.2, 0.25) is 0 Å². The van der Waals surface area contributed by atoms with Gasteiger partial charge in [-0.25, -0.2) is 9.97 Å². The maximum atomic E-state index is 13.7. The number of hydrogen-bond donors (Lipinski definition) is 1. The van der Waals surface area contributed by atoms with Gasteiger partial charge in [-0.1, -0.05) is 19.1 Å². The van der Waals surface area contributed by atoms with E-state index >= 15 is 0 Å². The molecule has 1 aliphatic heterocycles. The fourth-order valence-electron chi connectivity index (χ4n) is 4.32. The number of fused-ring (bicyclic) bond motifs is 1. The van der Waals surface area contributed by atoms with E-state index < -0.39 is 0 Å². The average Bonchev–Trinajstić information content (AvgIpc) is 2.75. The highest BCUT2D eigenvalue weighted by atomic mass is 16.2. The molecule has 3 heterocycles. The molecule has 1 fully saturated rings. The highest BCUT2D eigenvalue weighted by molar-refractivity contribution is 6.07. The van der Waals surface area contributed by atoms with Crippen LogP contribution in [-0.2, 0) is 0 Å².